The summed E-state index contributed by atoms with van der Waals surface area (Å²) in [4.78, 5) is 17.9. The number of carbonyl (C=O) groups is 1. The summed E-state index contributed by atoms with van der Waals surface area (Å²) in [6.45, 7) is 7.27. The van der Waals surface area contributed by atoms with Gasteiger partial charge in [-0.2, -0.15) is 0 Å². The van der Waals surface area contributed by atoms with Crippen LogP contribution < -0.4 is 4.90 Å². The van der Waals surface area contributed by atoms with E-state index in [4.69, 9.17) is 4.74 Å². The molecule has 0 saturated carbocycles. The molecule has 0 aliphatic rings. The highest BCUT2D eigenvalue weighted by Gasteiger charge is 2.15. The summed E-state index contributed by atoms with van der Waals surface area (Å²) in [7, 11) is 0. The molecule has 0 unspecified atom stereocenters. The molecule has 0 aliphatic carbocycles. The molecule has 0 saturated heterocycles. The number of ether oxygens (including phenoxy) is 1. The summed E-state index contributed by atoms with van der Waals surface area (Å²) in [6, 6.07) is 2.00. The predicted molar refractivity (Wildman–Crippen MR) is 75.8 cm³/mol. The Kier molecular flexibility index (Phi) is 6.12. The van der Waals surface area contributed by atoms with Crippen molar-refractivity contribution in [1.29, 1.82) is 0 Å². The van der Waals surface area contributed by atoms with Crippen molar-refractivity contribution in [2.75, 3.05) is 24.6 Å². The van der Waals surface area contributed by atoms with E-state index in [9.17, 15) is 4.79 Å². The maximum atomic E-state index is 11.6. The Morgan fingerprint density at radius 3 is 2.78 bits per heavy atom. The molecule has 1 aromatic rings. The van der Waals surface area contributed by atoms with E-state index in [0.29, 0.717) is 6.61 Å². The van der Waals surface area contributed by atoms with Crippen LogP contribution in [0.5, 0.6) is 0 Å². The van der Waals surface area contributed by atoms with Gasteiger partial charge in [0.05, 0.1) is 11.1 Å². The van der Waals surface area contributed by atoms with E-state index < -0.39 is 0 Å². The van der Waals surface area contributed by atoms with Crippen LogP contribution in [0, 0.1) is 6.92 Å². The number of pyridine rings is 1. The Balaban J connectivity index is 2.86. The van der Waals surface area contributed by atoms with Crippen LogP contribution in [-0.2, 0) is 9.53 Å². The molecular formula is C13H19BrN2O2. The van der Waals surface area contributed by atoms with E-state index in [1.54, 1.807) is 6.20 Å². The molecule has 1 rings (SSSR count). The van der Waals surface area contributed by atoms with E-state index in [0.717, 1.165) is 28.8 Å². The molecule has 0 spiro atoms. The number of esters is 1. The largest absolute Gasteiger partial charge is 0.465 e. The fraction of sp³-hybridized carbons (Fsp3) is 0.538. The van der Waals surface area contributed by atoms with Crippen molar-refractivity contribution in [2.24, 2.45) is 0 Å². The van der Waals surface area contributed by atoms with Gasteiger partial charge in [0.15, 0.2) is 0 Å². The molecule has 0 N–H and O–H groups in total. The summed E-state index contributed by atoms with van der Waals surface area (Å²) >= 11 is 3.49. The highest BCUT2D eigenvalue weighted by atomic mass is 79.9. The zero-order valence-electron chi connectivity index (χ0n) is 11.1. The number of nitrogens with zero attached hydrogens (tertiary/aromatic N) is 2. The van der Waals surface area contributed by atoms with Crippen molar-refractivity contribution in [2.45, 2.75) is 27.2 Å². The molecule has 4 nitrogen and oxygen atoms in total. The first-order chi connectivity index (χ1) is 8.58. The van der Waals surface area contributed by atoms with Gasteiger partial charge in [0.25, 0.3) is 0 Å². The highest BCUT2D eigenvalue weighted by molar-refractivity contribution is 9.10. The van der Waals surface area contributed by atoms with Crippen molar-refractivity contribution in [3.63, 3.8) is 0 Å². The minimum absolute atomic E-state index is 0.222. The molecule has 0 radical (unpaired) electrons. The minimum atomic E-state index is -0.222. The van der Waals surface area contributed by atoms with Crippen LogP contribution in [0.3, 0.4) is 0 Å². The van der Waals surface area contributed by atoms with E-state index in [-0.39, 0.29) is 12.5 Å². The summed E-state index contributed by atoms with van der Waals surface area (Å²) in [5.74, 6) is 0.565. The first-order valence-electron chi connectivity index (χ1n) is 6.11. The van der Waals surface area contributed by atoms with Crippen molar-refractivity contribution in [3.05, 3.63) is 22.3 Å². The van der Waals surface area contributed by atoms with Crippen LogP contribution in [0.4, 0.5) is 5.82 Å². The van der Waals surface area contributed by atoms with E-state index >= 15 is 0 Å². The molecule has 0 aromatic carbocycles. The second-order valence-corrected chi connectivity index (χ2v) is 4.90. The number of hydrogen-bond acceptors (Lipinski definition) is 4. The van der Waals surface area contributed by atoms with Crippen LogP contribution in [0.2, 0.25) is 0 Å². The highest BCUT2D eigenvalue weighted by Crippen LogP contribution is 2.24. The standard InChI is InChI=1S/C13H19BrN2O2/c1-4-6-16(9-12(17)18-5-2)13-11(14)7-10(3)8-15-13/h7-8H,4-6,9H2,1-3H3. The predicted octanol–water partition coefficient (Wildman–Crippen LogP) is 2.93. The molecular weight excluding hydrogens is 296 g/mol. The first kappa shape index (κ1) is 15.0. The normalized spacial score (nSPS) is 10.2. The van der Waals surface area contributed by atoms with Crippen molar-refractivity contribution < 1.29 is 9.53 Å². The van der Waals surface area contributed by atoms with Crippen LogP contribution in [0.1, 0.15) is 25.8 Å². The molecule has 18 heavy (non-hydrogen) atoms. The lowest BCUT2D eigenvalue weighted by Gasteiger charge is -2.23. The third kappa shape index (κ3) is 4.29. The second-order valence-electron chi connectivity index (χ2n) is 4.04. The van der Waals surface area contributed by atoms with Crippen LogP contribution in [-0.4, -0.2) is 30.6 Å². The number of hydrogen-bond donors (Lipinski definition) is 0. The zero-order valence-corrected chi connectivity index (χ0v) is 12.7. The maximum absolute atomic E-state index is 11.6. The lowest BCUT2D eigenvalue weighted by atomic mass is 10.3. The molecule has 5 heteroatoms. The van der Waals surface area contributed by atoms with Crippen LogP contribution >= 0.6 is 15.9 Å². The van der Waals surface area contributed by atoms with Crippen molar-refractivity contribution in [3.8, 4) is 0 Å². The summed E-state index contributed by atoms with van der Waals surface area (Å²) in [5.41, 5.74) is 1.08. The maximum Gasteiger partial charge on any atom is 0.325 e. The van der Waals surface area contributed by atoms with Gasteiger partial charge in [-0.15, -0.1) is 0 Å². The fourth-order valence-corrected chi connectivity index (χ4v) is 2.37. The van der Waals surface area contributed by atoms with E-state index in [2.05, 4.69) is 27.8 Å². The van der Waals surface area contributed by atoms with Crippen molar-refractivity contribution in [1.82, 2.24) is 4.98 Å². The lowest BCUT2D eigenvalue weighted by Crippen LogP contribution is -2.32. The third-order valence-corrected chi connectivity index (χ3v) is 2.96. The minimum Gasteiger partial charge on any atom is -0.465 e. The van der Waals surface area contributed by atoms with Gasteiger partial charge >= 0.3 is 5.97 Å². The van der Waals surface area contributed by atoms with Gasteiger partial charge in [-0.3, -0.25) is 4.79 Å². The molecule has 0 amide bonds. The lowest BCUT2D eigenvalue weighted by molar-refractivity contribution is -0.141. The molecule has 1 aromatic heterocycles. The molecule has 0 atom stereocenters. The van der Waals surface area contributed by atoms with Gasteiger partial charge in [0, 0.05) is 12.7 Å². The van der Waals surface area contributed by atoms with Gasteiger partial charge < -0.3 is 9.64 Å². The second kappa shape index (κ2) is 7.36. The Morgan fingerprint density at radius 2 is 2.22 bits per heavy atom. The smallest absolute Gasteiger partial charge is 0.325 e. The number of carbonyl (C=O) groups excluding carboxylic acids is 1. The van der Waals surface area contributed by atoms with Gasteiger partial charge in [0.1, 0.15) is 12.4 Å². The number of aryl methyl sites for hydroxylation is 1. The summed E-state index contributed by atoms with van der Waals surface area (Å²) < 4.78 is 5.88. The summed E-state index contributed by atoms with van der Waals surface area (Å²) in [6.07, 6.45) is 2.75. The average Bonchev–Trinajstić information content (AvgIpc) is 2.29. The Bertz CT molecular complexity index is 410. The van der Waals surface area contributed by atoms with Gasteiger partial charge in [-0.05, 0) is 47.8 Å². The number of rotatable bonds is 6. The zero-order chi connectivity index (χ0) is 13.5. The number of aromatic nitrogens is 1. The van der Waals surface area contributed by atoms with E-state index in [1.165, 1.54) is 0 Å². The van der Waals surface area contributed by atoms with Gasteiger partial charge in [0.2, 0.25) is 0 Å². The van der Waals surface area contributed by atoms with E-state index in [1.807, 2.05) is 24.8 Å². The molecule has 100 valence electrons. The number of anilines is 1. The van der Waals surface area contributed by atoms with Gasteiger partial charge in [-0.25, -0.2) is 4.98 Å². The van der Waals surface area contributed by atoms with Crippen LogP contribution in [0.15, 0.2) is 16.7 Å². The Hall–Kier alpha value is -1.10. The molecule has 0 aliphatic heterocycles. The summed E-state index contributed by atoms with van der Waals surface area (Å²) in [5, 5.41) is 0. The SMILES string of the molecule is CCCN(CC(=O)OCC)c1ncc(C)cc1Br. The third-order valence-electron chi connectivity index (χ3n) is 2.38. The monoisotopic (exact) mass is 314 g/mol. The molecule has 0 bridgehead atoms. The first-order valence-corrected chi connectivity index (χ1v) is 6.90. The molecule has 1 heterocycles. The fourth-order valence-electron chi connectivity index (χ4n) is 1.65. The quantitative estimate of drug-likeness (QED) is 0.757. The van der Waals surface area contributed by atoms with Crippen LogP contribution in [0.25, 0.3) is 0 Å². The molecule has 0 fully saturated rings. The average molecular weight is 315 g/mol. The Morgan fingerprint density at radius 1 is 1.50 bits per heavy atom. The Labute approximate surface area is 116 Å². The topological polar surface area (TPSA) is 42.4 Å². The van der Waals surface area contributed by atoms with Crippen molar-refractivity contribution >= 4 is 27.7 Å². The van der Waals surface area contributed by atoms with Gasteiger partial charge in [-0.1, -0.05) is 6.92 Å². The number of halogens is 1.